The van der Waals surface area contributed by atoms with Crippen molar-refractivity contribution in [2.24, 2.45) is 0 Å². The molecule has 1 fully saturated rings. The molecule has 0 radical (unpaired) electrons. The lowest BCUT2D eigenvalue weighted by Crippen LogP contribution is -2.43. The van der Waals surface area contributed by atoms with Crippen molar-refractivity contribution in [1.82, 2.24) is 10.2 Å². The summed E-state index contributed by atoms with van der Waals surface area (Å²) in [6.45, 7) is 1.94. The number of carbonyl (C=O) groups is 1. The Kier molecular flexibility index (Phi) is 3.72. The SMILES string of the molecule is CN1CCC(NC(=O)c2cc(O)cc(O)c2)CC1. The molecule has 0 spiro atoms. The van der Waals surface area contributed by atoms with E-state index in [9.17, 15) is 15.0 Å². The van der Waals surface area contributed by atoms with E-state index < -0.39 is 0 Å². The first-order valence-corrected chi connectivity index (χ1v) is 6.07. The number of aromatic hydroxyl groups is 2. The van der Waals surface area contributed by atoms with Crippen LogP contribution in [0, 0.1) is 0 Å². The van der Waals surface area contributed by atoms with Gasteiger partial charge in [-0.05, 0) is 45.1 Å². The fourth-order valence-corrected chi connectivity index (χ4v) is 2.15. The summed E-state index contributed by atoms with van der Waals surface area (Å²) >= 11 is 0. The highest BCUT2D eigenvalue weighted by molar-refractivity contribution is 5.95. The molecule has 18 heavy (non-hydrogen) atoms. The summed E-state index contributed by atoms with van der Waals surface area (Å²) in [6.07, 6.45) is 1.85. The minimum Gasteiger partial charge on any atom is -0.508 e. The lowest BCUT2D eigenvalue weighted by Gasteiger charge is -2.29. The van der Waals surface area contributed by atoms with Crippen molar-refractivity contribution in [1.29, 1.82) is 0 Å². The third kappa shape index (κ3) is 3.13. The number of hydrogen-bond acceptors (Lipinski definition) is 4. The molecule has 5 nitrogen and oxygen atoms in total. The second-order valence-corrected chi connectivity index (χ2v) is 4.79. The molecule has 0 bridgehead atoms. The Morgan fingerprint density at radius 2 is 1.78 bits per heavy atom. The van der Waals surface area contributed by atoms with Crippen molar-refractivity contribution in [2.75, 3.05) is 20.1 Å². The van der Waals surface area contributed by atoms with E-state index in [1.54, 1.807) is 0 Å². The van der Waals surface area contributed by atoms with E-state index in [0.717, 1.165) is 25.9 Å². The minimum absolute atomic E-state index is 0.108. The third-order valence-electron chi connectivity index (χ3n) is 3.22. The topological polar surface area (TPSA) is 72.8 Å². The molecule has 0 atom stereocenters. The second-order valence-electron chi connectivity index (χ2n) is 4.79. The molecule has 1 aliphatic heterocycles. The van der Waals surface area contributed by atoms with Gasteiger partial charge in [-0.25, -0.2) is 0 Å². The van der Waals surface area contributed by atoms with E-state index in [1.165, 1.54) is 18.2 Å². The minimum atomic E-state index is -0.254. The lowest BCUT2D eigenvalue weighted by atomic mass is 10.0. The molecule has 1 amide bonds. The van der Waals surface area contributed by atoms with Crippen molar-refractivity contribution in [3.8, 4) is 11.5 Å². The van der Waals surface area contributed by atoms with E-state index in [1.807, 2.05) is 0 Å². The van der Waals surface area contributed by atoms with Crippen molar-refractivity contribution in [3.05, 3.63) is 23.8 Å². The molecule has 1 aromatic carbocycles. The Morgan fingerprint density at radius 3 is 2.33 bits per heavy atom. The molecule has 98 valence electrons. The molecule has 1 heterocycles. The standard InChI is InChI=1S/C13H18N2O3/c1-15-4-2-10(3-5-15)14-13(18)9-6-11(16)8-12(17)7-9/h6-8,10,16-17H,2-5H2,1H3,(H,14,18). The summed E-state index contributed by atoms with van der Waals surface area (Å²) in [7, 11) is 2.06. The average Bonchev–Trinajstić information content (AvgIpc) is 2.31. The van der Waals surface area contributed by atoms with Gasteiger partial charge in [0.25, 0.3) is 5.91 Å². The highest BCUT2D eigenvalue weighted by Crippen LogP contribution is 2.20. The molecule has 2 rings (SSSR count). The zero-order valence-electron chi connectivity index (χ0n) is 10.4. The number of nitrogens with zero attached hydrogens (tertiary/aromatic N) is 1. The van der Waals surface area contributed by atoms with E-state index in [-0.39, 0.29) is 29.0 Å². The number of benzene rings is 1. The number of hydrogen-bond donors (Lipinski definition) is 3. The van der Waals surface area contributed by atoms with Crippen LogP contribution in [0.2, 0.25) is 0 Å². The second kappa shape index (κ2) is 5.27. The smallest absolute Gasteiger partial charge is 0.251 e. The maximum atomic E-state index is 12.0. The molecule has 0 aliphatic carbocycles. The van der Waals surface area contributed by atoms with Crippen molar-refractivity contribution >= 4 is 5.91 Å². The van der Waals surface area contributed by atoms with E-state index in [2.05, 4.69) is 17.3 Å². The maximum absolute atomic E-state index is 12.0. The maximum Gasteiger partial charge on any atom is 0.251 e. The molecular weight excluding hydrogens is 232 g/mol. The van der Waals surface area contributed by atoms with Crippen LogP contribution in [0.3, 0.4) is 0 Å². The van der Waals surface area contributed by atoms with Crippen LogP contribution in [-0.2, 0) is 0 Å². The van der Waals surface area contributed by atoms with Crippen LogP contribution in [0.1, 0.15) is 23.2 Å². The van der Waals surface area contributed by atoms with Gasteiger partial charge in [0.2, 0.25) is 0 Å². The zero-order chi connectivity index (χ0) is 13.1. The summed E-state index contributed by atoms with van der Waals surface area (Å²) in [4.78, 5) is 14.2. The molecule has 0 aromatic heterocycles. The molecule has 5 heteroatoms. The summed E-state index contributed by atoms with van der Waals surface area (Å²) < 4.78 is 0. The summed E-state index contributed by atoms with van der Waals surface area (Å²) in [5.74, 6) is -0.470. The Bertz CT molecular complexity index is 420. The van der Waals surface area contributed by atoms with Gasteiger partial charge in [-0.1, -0.05) is 0 Å². The van der Waals surface area contributed by atoms with Crippen LogP contribution < -0.4 is 5.32 Å². The van der Waals surface area contributed by atoms with Crippen LogP contribution in [0.25, 0.3) is 0 Å². The Hall–Kier alpha value is -1.75. The Labute approximate surface area is 106 Å². The zero-order valence-corrected chi connectivity index (χ0v) is 10.4. The number of likely N-dealkylation sites (tertiary alicyclic amines) is 1. The fraction of sp³-hybridized carbons (Fsp3) is 0.462. The normalized spacial score (nSPS) is 17.6. The lowest BCUT2D eigenvalue weighted by molar-refractivity contribution is 0.0916. The first-order chi connectivity index (χ1) is 8.54. The monoisotopic (exact) mass is 250 g/mol. The van der Waals surface area contributed by atoms with Gasteiger partial charge in [0.1, 0.15) is 11.5 Å². The predicted molar refractivity (Wildman–Crippen MR) is 67.8 cm³/mol. The number of rotatable bonds is 2. The third-order valence-corrected chi connectivity index (χ3v) is 3.22. The average molecular weight is 250 g/mol. The summed E-state index contributed by atoms with van der Waals surface area (Å²) in [5, 5.41) is 21.6. The first kappa shape index (κ1) is 12.7. The van der Waals surface area contributed by atoms with E-state index in [0.29, 0.717) is 0 Å². The molecule has 1 aliphatic rings. The summed E-state index contributed by atoms with van der Waals surface area (Å²) in [6, 6.07) is 4.07. The Balaban J connectivity index is 1.99. The molecule has 0 unspecified atom stereocenters. The fourth-order valence-electron chi connectivity index (χ4n) is 2.15. The van der Waals surface area contributed by atoms with Crippen LogP contribution in [-0.4, -0.2) is 47.2 Å². The van der Waals surface area contributed by atoms with Gasteiger partial charge in [0.05, 0.1) is 0 Å². The van der Waals surface area contributed by atoms with Crippen LogP contribution in [0.5, 0.6) is 11.5 Å². The van der Waals surface area contributed by atoms with Gasteiger partial charge < -0.3 is 20.4 Å². The van der Waals surface area contributed by atoms with E-state index >= 15 is 0 Å². The first-order valence-electron chi connectivity index (χ1n) is 6.07. The number of carbonyl (C=O) groups excluding carboxylic acids is 1. The number of amides is 1. The van der Waals surface area contributed by atoms with Crippen LogP contribution in [0.4, 0.5) is 0 Å². The number of phenolic OH excluding ortho intramolecular Hbond substituents is 2. The predicted octanol–water partition coefficient (Wildman–Crippen LogP) is 0.922. The Morgan fingerprint density at radius 1 is 1.22 bits per heavy atom. The van der Waals surface area contributed by atoms with E-state index in [4.69, 9.17) is 0 Å². The molecule has 1 saturated heterocycles. The van der Waals surface area contributed by atoms with Gasteiger partial charge >= 0.3 is 0 Å². The largest absolute Gasteiger partial charge is 0.508 e. The van der Waals surface area contributed by atoms with Gasteiger partial charge in [-0.15, -0.1) is 0 Å². The molecule has 1 aromatic rings. The molecule has 3 N–H and O–H groups in total. The van der Waals surface area contributed by atoms with Crippen molar-refractivity contribution in [3.63, 3.8) is 0 Å². The quantitative estimate of drug-likeness (QED) is 0.730. The number of piperidine rings is 1. The van der Waals surface area contributed by atoms with Gasteiger partial charge in [0, 0.05) is 17.7 Å². The number of nitrogens with one attached hydrogen (secondary N) is 1. The highest BCUT2D eigenvalue weighted by atomic mass is 16.3. The number of phenols is 2. The van der Waals surface area contributed by atoms with Crippen molar-refractivity contribution < 1.29 is 15.0 Å². The molecule has 0 saturated carbocycles. The summed E-state index contributed by atoms with van der Waals surface area (Å²) in [5.41, 5.74) is 0.284. The van der Waals surface area contributed by atoms with Gasteiger partial charge in [0.15, 0.2) is 0 Å². The van der Waals surface area contributed by atoms with Gasteiger partial charge in [-0.3, -0.25) is 4.79 Å². The van der Waals surface area contributed by atoms with Gasteiger partial charge in [-0.2, -0.15) is 0 Å². The van der Waals surface area contributed by atoms with Crippen LogP contribution in [0.15, 0.2) is 18.2 Å². The molecular formula is C13H18N2O3. The highest BCUT2D eigenvalue weighted by Gasteiger charge is 2.19. The van der Waals surface area contributed by atoms with Crippen molar-refractivity contribution in [2.45, 2.75) is 18.9 Å². The van der Waals surface area contributed by atoms with Crippen LogP contribution >= 0.6 is 0 Å².